The summed E-state index contributed by atoms with van der Waals surface area (Å²) in [6.45, 7) is 10.5. The molecule has 1 aliphatic heterocycles. The maximum Gasteiger partial charge on any atom is 0.410 e. The first-order valence-electron chi connectivity index (χ1n) is 8.23. The zero-order valence-corrected chi connectivity index (χ0v) is 16.7. The summed E-state index contributed by atoms with van der Waals surface area (Å²) in [6.07, 6.45) is -0.232. The van der Waals surface area contributed by atoms with E-state index in [1.165, 1.54) is 0 Å². The van der Waals surface area contributed by atoms with Gasteiger partial charge in [0.15, 0.2) is 0 Å². The maximum atomic E-state index is 12.2. The quantitative estimate of drug-likeness (QED) is 0.770. The summed E-state index contributed by atoms with van der Waals surface area (Å²) < 4.78 is 11.8. The molecule has 1 amide bonds. The number of rotatable bonds is 3. The molecule has 6 heteroatoms. The molecular formula is C18H27BrN2O3. The van der Waals surface area contributed by atoms with Crippen molar-refractivity contribution in [2.75, 3.05) is 31.6 Å². The lowest BCUT2D eigenvalue weighted by Gasteiger charge is -2.41. The Morgan fingerprint density at radius 2 is 2.04 bits per heavy atom. The highest BCUT2D eigenvalue weighted by molar-refractivity contribution is 9.10. The van der Waals surface area contributed by atoms with Crippen molar-refractivity contribution in [3.8, 4) is 0 Å². The van der Waals surface area contributed by atoms with Crippen LogP contribution in [-0.2, 0) is 16.1 Å². The van der Waals surface area contributed by atoms with Gasteiger partial charge in [-0.05, 0) is 51.5 Å². The Balaban J connectivity index is 2.06. The van der Waals surface area contributed by atoms with Gasteiger partial charge in [0.1, 0.15) is 5.60 Å². The van der Waals surface area contributed by atoms with Crippen molar-refractivity contribution in [3.63, 3.8) is 0 Å². The molecule has 0 spiro atoms. The number of carbonyl (C=O) groups excluding carboxylic acids is 1. The summed E-state index contributed by atoms with van der Waals surface area (Å²) >= 11 is 3.56. The fraction of sp³-hybridized carbons (Fsp3) is 0.611. The van der Waals surface area contributed by atoms with Gasteiger partial charge in [-0.2, -0.15) is 0 Å². The number of anilines is 1. The van der Waals surface area contributed by atoms with Gasteiger partial charge in [-0.3, -0.25) is 0 Å². The largest absolute Gasteiger partial charge is 0.444 e. The molecule has 0 radical (unpaired) electrons. The van der Waals surface area contributed by atoms with Gasteiger partial charge < -0.3 is 19.3 Å². The van der Waals surface area contributed by atoms with Gasteiger partial charge in [-0.25, -0.2) is 4.79 Å². The highest BCUT2D eigenvalue weighted by Gasteiger charge is 2.30. The number of amides is 1. The van der Waals surface area contributed by atoms with Crippen LogP contribution in [0.25, 0.3) is 0 Å². The van der Waals surface area contributed by atoms with E-state index < -0.39 is 5.60 Å². The average molecular weight is 399 g/mol. The topological polar surface area (TPSA) is 42.0 Å². The molecule has 1 atom stereocenters. The van der Waals surface area contributed by atoms with E-state index in [4.69, 9.17) is 9.47 Å². The zero-order valence-electron chi connectivity index (χ0n) is 15.1. The number of halogens is 1. The van der Waals surface area contributed by atoms with Crippen molar-refractivity contribution in [2.45, 2.75) is 45.9 Å². The lowest BCUT2D eigenvalue weighted by Crippen LogP contribution is -2.54. The minimum Gasteiger partial charge on any atom is -0.444 e. The molecule has 1 aromatic carbocycles. The Labute approximate surface area is 153 Å². The molecule has 0 unspecified atom stereocenters. The zero-order chi connectivity index (χ0) is 17.9. The first kappa shape index (κ1) is 19.1. The van der Waals surface area contributed by atoms with Crippen molar-refractivity contribution >= 4 is 27.7 Å². The average Bonchev–Trinajstić information content (AvgIpc) is 2.48. The summed E-state index contributed by atoms with van der Waals surface area (Å²) in [6, 6.07) is 6.52. The second kappa shape index (κ2) is 7.74. The van der Waals surface area contributed by atoms with E-state index >= 15 is 0 Å². The third kappa shape index (κ3) is 4.86. The molecule has 0 bridgehead atoms. The van der Waals surface area contributed by atoms with Crippen molar-refractivity contribution in [1.82, 2.24) is 4.90 Å². The molecule has 0 aromatic heterocycles. The van der Waals surface area contributed by atoms with Crippen LogP contribution in [-0.4, -0.2) is 49.4 Å². The fourth-order valence-corrected chi connectivity index (χ4v) is 3.20. The van der Waals surface area contributed by atoms with Gasteiger partial charge in [-0.1, -0.05) is 15.9 Å². The van der Waals surface area contributed by atoms with E-state index in [1.807, 2.05) is 20.8 Å². The third-order valence-corrected chi connectivity index (χ3v) is 4.71. The smallest absolute Gasteiger partial charge is 0.410 e. The molecule has 1 heterocycles. The van der Waals surface area contributed by atoms with Crippen LogP contribution >= 0.6 is 15.9 Å². The Hall–Kier alpha value is -1.27. The lowest BCUT2D eigenvalue weighted by atomic mass is 10.1. The summed E-state index contributed by atoms with van der Waals surface area (Å²) in [7, 11) is 1.70. The van der Waals surface area contributed by atoms with Crippen LogP contribution in [0.15, 0.2) is 22.7 Å². The monoisotopic (exact) mass is 398 g/mol. The van der Waals surface area contributed by atoms with E-state index in [-0.39, 0.29) is 12.1 Å². The van der Waals surface area contributed by atoms with E-state index in [2.05, 4.69) is 46.0 Å². The molecular weight excluding hydrogens is 372 g/mol. The van der Waals surface area contributed by atoms with Gasteiger partial charge >= 0.3 is 6.09 Å². The van der Waals surface area contributed by atoms with Gasteiger partial charge in [0, 0.05) is 42.9 Å². The number of hydrogen-bond acceptors (Lipinski definition) is 4. The molecule has 0 N–H and O–H groups in total. The van der Waals surface area contributed by atoms with Crippen LogP contribution in [0.2, 0.25) is 0 Å². The number of benzene rings is 1. The maximum absolute atomic E-state index is 12.2. The van der Waals surface area contributed by atoms with Crippen LogP contribution in [0.4, 0.5) is 10.5 Å². The first-order chi connectivity index (χ1) is 11.2. The molecule has 5 nitrogen and oxygen atoms in total. The molecule has 24 heavy (non-hydrogen) atoms. The minimum absolute atomic E-state index is 0.225. The van der Waals surface area contributed by atoms with Crippen molar-refractivity contribution < 1.29 is 14.3 Å². The second-order valence-electron chi connectivity index (χ2n) is 7.18. The summed E-state index contributed by atoms with van der Waals surface area (Å²) in [5.41, 5.74) is 1.82. The van der Waals surface area contributed by atoms with Crippen LogP contribution in [0, 0.1) is 0 Å². The highest BCUT2D eigenvalue weighted by atomic mass is 79.9. The van der Waals surface area contributed by atoms with Crippen LogP contribution < -0.4 is 4.90 Å². The fourth-order valence-electron chi connectivity index (χ4n) is 2.84. The molecule has 1 aliphatic rings. The highest BCUT2D eigenvalue weighted by Crippen LogP contribution is 2.27. The number of carbonyl (C=O) groups is 1. The van der Waals surface area contributed by atoms with E-state index in [1.54, 1.807) is 12.0 Å². The Kier molecular flexibility index (Phi) is 6.15. The van der Waals surface area contributed by atoms with Gasteiger partial charge in [0.05, 0.1) is 6.61 Å². The summed E-state index contributed by atoms with van der Waals surface area (Å²) in [5.74, 6) is 0. The predicted molar refractivity (Wildman–Crippen MR) is 99.5 cm³/mol. The second-order valence-corrected chi connectivity index (χ2v) is 8.03. The number of hydrogen-bond donors (Lipinski definition) is 0. The number of nitrogens with zero attached hydrogens (tertiary/aromatic N) is 2. The van der Waals surface area contributed by atoms with Crippen LogP contribution in [0.1, 0.15) is 33.3 Å². The molecule has 1 aromatic rings. The lowest BCUT2D eigenvalue weighted by molar-refractivity contribution is 0.0219. The number of ether oxygens (including phenoxy) is 2. The summed E-state index contributed by atoms with van der Waals surface area (Å²) in [5, 5.41) is 0. The summed E-state index contributed by atoms with van der Waals surface area (Å²) in [4.78, 5) is 16.4. The molecule has 1 fully saturated rings. The normalized spacial score (nSPS) is 18.7. The molecule has 1 saturated heterocycles. The van der Waals surface area contributed by atoms with Crippen molar-refractivity contribution in [2.24, 2.45) is 0 Å². The van der Waals surface area contributed by atoms with Crippen LogP contribution in [0.3, 0.4) is 0 Å². The Morgan fingerprint density at radius 1 is 1.33 bits per heavy atom. The van der Waals surface area contributed by atoms with E-state index in [0.29, 0.717) is 19.7 Å². The molecule has 0 saturated carbocycles. The van der Waals surface area contributed by atoms with Crippen molar-refractivity contribution in [1.29, 1.82) is 0 Å². The minimum atomic E-state index is -0.460. The standard InChI is InChI=1S/C18H27BrN2O3/c1-13-11-20(17(22)24-18(2,3)4)8-9-21(13)15-6-7-16(19)14(10-15)12-23-5/h6-7,10,13H,8-9,11-12H2,1-5H3/t13-/m0/s1. The van der Waals surface area contributed by atoms with E-state index in [0.717, 1.165) is 22.3 Å². The third-order valence-electron chi connectivity index (χ3n) is 3.94. The van der Waals surface area contributed by atoms with Gasteiger partial charge in [0.2, 0.25) is 0 Å². The predicted octanol–water partition coefficient (Wildman–Crippen LogP) is 4.04. The first-order valence-corrected chi connectivity index (χ1v) is 9.02. The van der Waals surface area contributed by atoms with Gasteiger partial charge in [0.25, 0.3) is 0 Å². The SMILES string of the molecule is COCc1cc(N2CCN(C(=O)OC(C)(C)C)C[C@@H]2C)ccc1Br. The van der Waals surface area contributed by atoms with Crippen LogP contribution in [0.5, 0.6) is 0 Å². The Morgan fingerprint density at radius 3 is 2.62 bits per heavy atom. The van der Waals surface area contributed by atoms with Crippen molar-refractivity contribution in [3.05, 3.63) is 28.2 Å². The Bertz CT molecular complexity index is 586. The molecule has 134 valence electrons. The molecule has 0 aliphatic carbocycles. The number of methoxy groups -OCH3 is 1. The van der Waals surface area contributed by atoms with Gasteiger partial charge in [-0.15, -0.1) is 0 Å². The molecule has 2 rings (SSSR count). The number of piperazine rings is 1. The van der Waals surface area contributed by atoms with E-state index in [9.17, 15) is 4.79 Å².